The molecule has 6 heterocycles. The Morgan fingerprint density at radius 3 is 1.47 bits per heavy atom. The molecule has 0 amide bonds. The highest BCUT2D eigenvalue weighted by Gasteiger charge is 2.26. The maximum atomic E-state index is 4.80. The Morgan fingerprint density at radius 2 is 1.00 bits per heavy atom. The lowest BCUT2D eigenvalue weighted by atomic mass is 10.0. The molecular formula is C42H49N11. The van der Waals surface area contributed by atoms with E-state index in [0.717, 1.165) is 113 Å². The minimum absolute atomic E-state index is 0.209. The average molecular weight is 708 g/mol. The molecule has 0 N–H and O–H groups in total. The van der Waals surface area contributed by atoms with Crippen LogP contribution >= 0.6 is 0 Å². The summed E-state index contributed by atoms with van der Waals surface area (Å²) in [5.74, 6) is 0. The van der Waals surface area contributed by atoms with Gasteiger partial charge in [0.2, 0.25) is 0 Å². The van der Waals surface area contributed by atoms with Gasteiger partial charge >= 0.3 is 0 Å². The van der Waals surface area contributed by atoms with Crippen molar-refractivity contribution in [3.8, 4) is 5.69 Å². The number of aromatic nitrogens is 7. The second-order valence-electron chi connectivity index (χ2n) is 13.9. The molecule has 272 valence electrons. The summed E-state index contributed by atoms with van der Waals surface area (Å²) < 4.78 is 1.84. The second kappa shape index (κ2) is 18.5. The number of hydrogen-bond acceptors (Lipinski definition) is 10. The number of hydrogen-bond donors (Lipinski definition) is 0. The van der Waals surface area contributed by atoms with Crippen LogP contribution in [0.2, 0.25) is 0 Å². The van der Waals surface area contributed by atoms with Gasteiger partial charge in [0.15, 0.2) is 0 Å². The minimum Gasteiger partial charge on any atom is -0.295 e. The van der Waals surface area contributed by atoms with E-state index in [4.69, 9.17) is 19.9 Å². The molecule has 0 spiro atoms. The molecule has 11 heteroatoms. The van der Waals surface area contributed by atoms with Crippen molar-refractivity contribution >= 4 is 0 Å². The predicted molar refractivity (Wildman–Crippen MR) is 207 cm³/mol. The first-order valence-electron chi connectivity index (χ1n) is 18.6. The number of pyridine rings is 4. The first kappa shape index (κ1) is 36.2. The fourth-order valence-electron chi connectivity index (χ4n) is 7.00. The van der Waals surface area contributed by atoms with E-state index in [1.807, 2.05) is 66.9 Å². The number of benzene rings is 1. The molecule has 1 atom stereocenters. The normalized spacial score (nSPS) is 17.3. The summed E-state index contributed by atoms with van der Waals surface area (Å²) in [5, 5.41) is 8.48. The quantitative estimate of drug-likeness (QED) is 0.181. The van der Waals surface area contributed by atoms with E-state index in [0.29, 0.717) is 0 Å². The van der Waals surface area contributed by atoms with Gasteiger partial charge in [0.05, 0.1) is 40.4 Å². The van der Waals surface area contributed by atoms with Gasteiger partial charge in [-0.3, -0.25) is 39.5 Å². The highest BCUT2D eigenvalue weighted by Crippen LogP contribution is 2.19. The van der Waals surface area contributed by atoms with Gasteiger partial charge in [0.1, 0.15) is 0 Å². The zero-order chi connectivity index (χ0) is 36.1. The fourth-order valence-corrected chi connectivity index (χ4v) is 7.00. The largest absolute Gasteiger partial charge is 0.295 e. The van der Waals surface area contributed by atoms with E-state index in [1.54, 1.807) is 0 Å². The maximum Gasteiger partial charge on any atom is 0.0800 e. The monoisotopic (exact) mass is 707 g/mol. The third-order valence-corrected chi connectivity index (χ3v) is 9.86. The maximum absolute atomic E-state index is 4.80. The molecule has 1 aliphatic rings. The number of rotatable bonds is 11. The Morgan fingerprint density at radius 1 is 0.528 bits per heavy atom. The van der Waals surface area contributed by atoms with Crippen LogP contribution in [0.3, 0.4) is 0 Å². The summed E-state index contributed by atoms with van der Waals surface area (Å²) in [5.41, 5.74) is 7.54. The molecule has 1 saturated heterocycles. The molecule has 0 bridgehead atoms. The van der Waals surface area contributed by atoms with Crippen LogP contribution in [-0.2, 0) is 32.6 Å². The van der Waals surface area contributed by atoms with Crippen molar-refractivity contribution in [3.05, 3.63) is 162 Å². The molecule has 5 aromatic heterocycles. The summed E-state index contributed by atoms with van der Waals surface area (Å²) in [6, 6.07) is 33.9. The van der Waals surface area contributed by atoms with E-state index in [9.17, 15) is 0 Å². The first-order chi connectivity index (χ1) is 26.1. The number of nitrogens with zero attached hydrogens (tertiary/aromatic N) is 11. The topological polar surface area (TPSA) is 95.2 Å². The van der Waals surface area contributed by atoms with E-state index >= 15 is 0 Å². The Kier molecular flexibility index (Phi) is 12.6. The molecule has 7 rings (SSSR count). The van der Waals surface area contributed by atoms with Crippen LogP contribution < -0.4 is 0 Å². The van der Waals surface area contributed by atoms with Crippen molar-refractivity contribution < 1.29 is 0 Å². The summed E-state index contributed by atoms with van der Waals surface area (Å²) >= 11 is 0. The molecule has 0 radical (unpaired) electrons. The van der Waals surface area contributed by atoms with Crippen LogP contribution in [0, 0.1) is 6.92 Å². The predicted octanol–water partition coefficient (Wildman–Crippen LogP) is 5.09. The van der Waals surface area contributed by atoms with Gasteiger partial charge in [-0.2, -0.15) is 0 Å². The smallest absolute Gasteiger partial charge is 0.0800 e. The Bertz CT molecular complexity index is 1920. The van der Waals surface area contributed by atoms with E-state index in [2.05, 4.69) is 103 Å². The van der Waals surface area contributed by atoms with Crippen LogP contribution in [0.25, 0.3) is 5.69 Å². The molecule has 53 heavy (non-hydrogen) atoms. The van der Waals surface area contributed by atoms with E-state index in [1.165, 1.54) is 5.56 Å². The highest BCUT2D eigenvalue weighted by molar-refractivity contribution is 5.34. The van der Waals surface area contributed by atoms with Crippen molar-refractivity contribution in [2.24, 2.45) is 0 Å². The minimum atomic E-state index is 0.209. The van der Waals surface area contributed by atoms with E-state index < -0.39 is 0 Å². The van der Waals surface area contributed by atoms with Gasteiger partial charge < -0.3 is 0 Å². The molecule has 1 unspecified atom stereocenters. The molecule has 0 aliphatic carbocycles. The SMILES string of the molecule is Cc1cn(-c2ccc(CC3CN(Cc4ccccn4)CCN(Cc4ccccn4)CCN(Cc4ccccn4)CCN3Cc3ccccn3)cc2)nn1. The average Bonchev–Trinajstić information content (AvgIpc) is 3.64. The Balaban J connectivity index is 1.21. The van der Waals surface area contributed by atoms with Crippen molar-refractivity contribution in [2.75, 3.05) is 45.8 Å². The van der Waals surface area contributed by atoms with Gasteiger partial charge in [-0.15, -0.1) is 5.10 Å². The van der Waals surface area contributed by atoms with E-state index in [-0.39, 0.29) is 6.04 Å². The van der Waals surface area contributed by atoms with Crippen LogP contribution in [0.4, 0.5) is 0 Å². The van der Waals surface area contributed by atoms with Gasteiger partial charge in [0.25, 0.3) is 0 Å². The van der Waals surface area contributed by atoms with Gasteiger partial charge in [-0.1, -0.05) is 41.6 Å². The fraction of sp³-hybridized carbons (Fsp3) is 0.333. The summed E-state index contributed by atoms with van der Waals surface area (Å²) in [4.78, 5) is 29.4. The molecule has 1 fully saturated rings. The van der Waals surface area contributed by atoms with Crippen LogP contribution in [0.1, 0.15) is 34.0 Å². The molecule has 1 aromatic carbocycles. The Labute approximate surface area is 313 Å². The standard InChI is InChI=1S/C42H49N11/c1-35-29-53(48-47-35)41-16-14-36(15-17-41)28-42-34-51(32-39-12-4-8-20-45-39)25-24-49(30-37-10-2-6-18-43-37)22-23-50(31-38-11-3-7-19-44-38)26-27-52(42)33-40-13-5-9-21-46-40/h2-21,29,42H,22-28,30-34H2,1H3. The molecule has 11 nitrogen and oxygen atoms in total. The van der Waals surface area contributed by atoms with Crippen LogP contribution in [0.5, 0.6) is 0 Å². The van der Waals surface area contributed by atoms with Gasteiger partial charge in [0, 0.05) is 103 Å². The zero-order valence-electron chi connectivity index (χ0n) is 30.6. The van der Waals surface area contributed by atoms with Gasteiger partial charge in [-0.25, -0.2) is 4.68 Å². The van der Waals surface area contributed by atoms with Crippen LogP contribution in [0.15, 0.2) is 128 Å². The third kappa shape index (κ3) is 10.9. The summed E-state index contributed by atoms with van der Waals surface area (Å²) in [7, 11) is 0. The molecule has 6 aromatic rings. The van der Waals surface area contributed by atoms with Crippen molar-refractivity contribution in [1.82, 2.24) is 54.5 Å². The Hall–Kier alpha value is -5.20. The lowest BCUT2D eigenvalue weighted by Gasteiger charge is -2.39. The zero-order valence-corrected chi connectivity index (χ0v) is 30.6. The second-order valence-corrected chi connectivity index (χ2v) is 13.9. The molecule has 0 saturated carbocycles. The van der Waals surface area contributed by atoms with Gasteiger partial charge in [-0.05, 0) is 79.6 Å². The first-order valence-corrected chi connectivity index (χ1v) is 18.6. The lowest BCUT2D eigenvalue weighted by molar-refractivity contribution is 0.0841. The van der Waals surface area contributed by atoms with Crippen molar-refractivity contribution in [1.29, 1.82) is 0 Å². The van der Waals surface area contributed by atoms with Crippen molar-refractivity contribution in [2.45, 2.75) is 45.6 Å². The molecular weight excluding hydrogens is 659 g/mol. The van der Waals surface area contributed by atoms with Crippen LogP contribution in [-0.4, -0.2) is 106 Å². The lowest BCUT2D eigenvalue weighted by Crippen LogP contribution is -2.50. The highest BCUT2D eigenvalue weighted by atomic mass is 15.4. The molecule has 1 aliphatic heterocycles. The summed E-state index contributed by atoms with van der Waals surface area (Å²) in [6.07, 6.45) is 10.4. The summed E-state index contributed by atoms with van der Waals surface area (Å²) in [6.45, 7) is 11.5. The third-order valence-electron chi connectivity index (χ3n) is 9.86. The number of aryl methyl sites for hydroxylation is 1. The van der Waals surface area contributed by atoms with Crippen molar-refractivity contribution in [3.63, 3.8) is 0 Å².